The molecule has 0 atom stereocenters. The van der Waals surface area contributed by atoms with Crippen molar-refractivity contribution in [1.82, 2.24) is 9.55 Å². The molecular weight excluding hydrogens is 459 g/mol. The molecule has 5 rings (SSSR count). The first-order valence-electron chi connectivity index (χ1n) is 10.3. The Hall–Kier alpha value is -3.54. The first-order chi connectivity index (χ1) is 16.1. The summed E-state index contributed by atoms with van der Waals surface area (Å²) in [6.45, 7) is -0.0921. The predicted molar refractivity (Wildman–Crippen MR) is 131 cm³/mol. The van der Waals surface area contributed by atoms with Crippen LogP contribution in [0.1, 0.15) is 10.6 Å². The summed E-state index contributed by atoms with van der Waals surface area (Å²) < 4.78 is 13.2. The Morgan fingerprint density at radius 3 is 2.48 bits per heavy atom. The van der Waals surface area contributed by atoms with Crippen LogP contribution in [0, 0.1) is 0 Å². The van der Waals surface area contributed by atoms with Crippen LogP contribution in [0.5, 0.6) is 11.5 Å². The first kappa shape index (κ1) is 21.3. The number of halogens is 2. The van der Waals surface area contributed by atoms with Crippen LogP contribution in [0.4, 0.5) is 0 Å². The standard InChI is InChI=1S/C26H18Cl2N2O3/c27-19-10-12-24(21(28)14-19)33-16-26(31)30-23-8-4-3-7-22(23)29-25(30)15-32-20-11-9-17-5-1-2-6-18(17)13-20/h1-14H,15-16H2. The molecule has 33 heavy (non-hydrogen) atoms. The van der Waals surface area contributed by atoms with E-state index >= 15 is 0 Å². The number of aromatic nitrogens is 2. The summed E-state index contributed by atoms with van der Waals surface area (Å²) in [7, 11) is 0. The number of ether oxygens (including phenoxy) is 2. The van der Waals surface area contributed by atoms with Crippen molar-refractivity contribution in [1.29, 1.82) is 0 Å². The molecular formula is C26H18Cl2N2O3. The van der Waals surface area contributed by atoms with Crippen molar-refractivity contribution in [3.63, 3.8) is 0 Å². The van der Waals surface area contributed by atoms with Gasteiger partial charge < -0.3 is 9.47 Å². The van der Waals surface area contributed by atoms with Crippen molar-refractivity contribution >= 4 is 50.9 Å². The number of hydrogen-bond donors (Lipinski definition) is 0. The number of hydrogen-bond acceptors (Lipinski definition) is 4. The average Bonchev–Trinajstić information content (AvgIpc) is 3.20. The number of imidazole rings is 1. The van der Waals surface area contributed by atoms with E-state index < -0.39 is 0 Å². The van der Waals surface area contributed by atoms with E-state index in [0.29, 0.717) is 38.4 Å². The lowest BCUT2D eigenvalue weighted by atomic mass is 10.1. The van der Waals surface area contributed by atoms with Gasteiger partial charge in [-0.2, -0.15) is 0 Å². The second kappa shape index (κ2) is 9.14. The van der Waals surface area contributed by atoms with E-state index in [-0.39, 0.29) is 19.1 Å². The molecule has 0 saturated carbocycles. The fourth-order valence-electron chi connectivity index (χ4n) is 3.65. The van der Waals surface area contributed by atoms with Gasteiger partial charge >= 0.3 is 0 Å². The van der Waals surface area contributed by atoms with Gasteiger partial charge in [-0.25, -0.2) is 4.98 Å². The fraction of sp³-hybridized carbons (Fsp3) is 0.0769. The minimum absolute atomic E-state index is 0.125. The van der Waals surface area contributed by atoms with Crippen LogP contribution in [0.3, 0.4) is 0 Å². The lowest BCUT2D eigenvalue weighted by molar-refractivity contribution is 0.0834. The molecule has 0 aliphatic rings. The smallest absolute Gasteiger partial charge is 0.270 e. The summed E-state index contributed by atoms with van der Waals surface area (Å²) in [6.07, 6.45) is 0. The Morgan fingerprint density at radius 1 is 0.848 bits per heavy atom. The minimum Gasteiger partial charge on any atom is -0.486 e. The molecule has 0 saturated heterocycles. The van der Waals surface area contributed by atoms with Crippen molar-refractivity contribution in [2.24, 2.45) is 0 Å². The highest BCUT2D eigenvalue weighted by Gasteiger charge is 2.18. The molecule has 7 heteroatoms. The molecule has 164 valence electrons. The van der Waals surface area contributed by atoms with Gasteiger partial charge in [0.15, 0.2) is 12.4 Å². The number of carbonyl (C=O) groups excluding carboxylic acids is 1. The summed E-state index contributed by atoms with van der Waals surface area (Å²) in [4.78, 5) is 17.8. The molecule has 5 nitrogen and oxygen atoms in total. The van der Waals surface area contributed by atoms with E-state index in [4.69, 9.17) is 32.7 Å². The molecule has 0 fully saturated rings. The topological polar surface area (TPSA) is 53.4 Å². The van der Waals surface area contributed by atoms with Gasteiger partial charge in [0.2, 0.25) is 0 Å². The number of carbonyl (C=O) groups is 1. The maximum atomic E-state index is 13.2. The molecule has 0 unspecified atom stereocenters. The lowest BCUT2D eigenvalue weighted by Gasteiger charge is -2.12. The highest BCUT2D eigenvalue weighted by atomic mass is 35.5. The molecule has 1 aromatic heterocycles. The molecule has 5 aromatic rings. The zero-order valence-corrected chi connectivity index (χ0v) is 18.9. The van der Waals surface area contributed by atoms with Crippen LogP contribution in [-0.2, 0) is 6.61 Å². The van der Waals surface area contributed by atoms with Crippen molar-refractivity contribution in [3.05, 3.63) is 101 Å². The second-order valence-electron chi connectivity index (χ2n) is 7.41. The molecule has 0 bridgehead atoms. The normalized spacial score (nSPS) is 11.1. The average molecular weight is 477 g/mol. The molecule has 0 radical (unpaired) electrons. The number of para-hydroxylation sites is 2. The zero-order valence-electron chi connectivity index (χ0n) is 17.4. The Balaban J connectivity index is 1.39. The number of benzene rings is 4. The van der Waals surface area contributed by atoms with Crippen molar-refractivity contribution in [2.75, 3.05) is 6.61 Å². The fourth-order valence-corrected chi connectivity index (χ4v) is 4.12. The van der Waals surface area contributed by atoms with Crippen LogP contribution in [0.25, 0.3) is 21.8 Å². The van der Waals surface area contributed by atoms with Gasteiger partial charge in [0.1, 0.15) is 18.1 Å². The SMILES string of the molecule is O=C(COc1ccc(Cl)cc1Cl)n1c(COc2ccc3ccccc3c2)nc2ccccc21. The summed E-state index contributed by atoms with van der Waals surface area (Å²) >= 11 is 12.1. The van der Waals surface area contributed by atoms with Gasteiger partial charge in [-0.15, -0.1) is 0 Å². The Morgan fingerprint density at radius 2 is 1.64 bits per heavy atom. The van der Waals surface area contributed by atoms with E-state index in [1.165, 1.54) is 4.57 Å². The van der Waals surface area contributed by atoms with Crippen LogP contribution < -0.4 is 9.47 Å². The summed E-state index contributed by atoms with van der Waals surface area (Å²) in [5.41, 5.74) is 1.39. The maximum Gasteiger partial charge on any atom is 0.270 e. The Labute approximate surface area is 200 Å². The summed E-state index contributed by atoms with van der Waals surface area (Å²) in [5, 5.41) is 3.04. The monoisotopic (exact) mass is 476 g/mol. The van der Waals surface area contributed by atoms with Gasteiger partial charge in [-0.1, -0.05) is 65.7 Å². The molecule has 0 amide bonds. The van der Waals surface area contributed by atoms with Crippen LogP contribution in [0.2, 0.25) is 10.0 Å². The van der Waals surface area contributed by atoms with E-state index in [0.717, 1.165) is 10.8 Å². The first-order valence-corrected chi connectivity index (χ1v) is 11.0. The van der Waals surface area contributed by atoms with Crippen LogP contribution >= 0.6 is 23.2 Å². The summed E-state index contributed by atoms with van der Waals surface area (Å²) in [6, 6.07) is 26.2. The molecule has 0 spiro atoms. The van der Waals surface area contributed by atoms with E-state index in [2.05, 4.69) is 4.98 Å². The largest absolute Gasteiger partial charge is 0.486 e. The van der Waals surface area contributed by atoms with Crippen LogP contribution in [0.15, 0.2) is 84.9 Å². The number of nitrogens with zero attached hydrogens (tertiary/aromatic N) is 2. The van der Waals surface area contributed by atoms with Gasteiger partial charge in [0.25, 0.3) is 5.91 Å². The number of rotatable bonds is 6. The number of fused-ring (bicyclic) bond motifs is 2. The van der Waals surface area contributed by atoms with E-state index in [1.807, 2.05) is 66.7 Å². The van der Waals surface area contributed by atoms with Crippen LogP contribution in [-0.4, -0.2) is 22.1 Å². The Bertz CT molecular complexity index is 1480. The highest BCUT2D eigenvalue weighted by Crippen LogP contribution is 2.28. The van der Waals surface area contributed by atoms with Gasteiger partial charge in [0.05, 0.1) is 16.1 Å². The van der Waals surface area contributed by atoms with Gasteiger partial charge in [-0.3, -0.25) is 9.36 Å². The minimum atomic E-state index is -0.285. The Kier molecular flexibility index (Phi) is 5.90. The maximum absolute atomic E-state index is 13.2. The quantitative estimate of drug-likeness (QED) is 0.270. The van der Waals surface area contributed by atoms with Gasteiger partial charge in [-0.05, 0) is 53.2 Å². The van der Waals surface area contributed by atoms with E-state index in [1.54, 1.807) is 18.2 Å². The van der Waals surface area contributed by atoms with Crippen molar-refractivity contribution in [3.8, 4) is 11.5 Å². The third kappa shape index (κ3) is 4.51. The zero-order chi connectivity index (χ0) is 22.8. The molecule has 0 N–H and O–H groups in total. The van der Waals surface area contributed by atoms with E-state index in [9.17, 15) is 4.79 Å². The molecule has 0 aliphatic carbocycles. The second-order valence-corrected chi connectivity index (χ2v) is 8.25. The molecule has 4 aromatic carbocycles. The van der Waals surface area contributed by atoms with Gasteiger partial charge in [0, 0.05) is 5.02 Å². The third-order valence-corrected chi connectivity index (χ3v) is 5.74. The lowest BCUT2D eigenvalue weighted by Crippen LogP contribution is -2.22. The van der Waals surface area contributed by atoms with Crippen molar-refractivity contribution < 1.29 is 14.3 Å². The van der Waals surface area contributed by atoms with Crippen molar-refractivity contribution in [2.45, 2.75) is 6.61 Å². The predicted octanol–water partition coefficient (Wildman–Crippen LogP) is 6.79. The highest BCUT2D eigenvalue weighted by molar-refractivity contribution is 6.35. The summed E-state index contributed by atoms with van der Waals surface area (Å²) in [5.74, 6) is 1.28. The molecule has 1 heterocycles. The molecule has 0 aliphatic heterocycles. The third-order valence-electron chi connectivity index (χ3n) is 5.21.